The number of thiol groups is 1. The van der Waals surface area contributed by atoms with Gasteiger partial charge in [0.25, 0.3) is 0 Å². The molecule has 13 heavy (non-hydrogen) atoms. The van der Waals surface area contributed by atoms with E-state index in [4.69, 9.17) is 11.6 Å². The topological polar surface area (TPSA) is 12.9 Å². The van der Waals surface area contributed by atoms with Crippen molar-refractivity contribution in [1.82, 2.24) is 4.98 Å². The minimum Gasteiger partial charge on any atom is -0.226 e. The highest BCUT2D eigenvalue weighted by atomic mass is 35.5. The zero-order chi connectivity index (χ0) is 9.68. The molecule has 0 spiro atoms. The molecule has 0 atom stereocenters. The second-order valence-corrected chi connectivity index (χ2v) is 3.33. The third kappa shape index (κ3) is 3.36. The van der Waals surface area contributed by atoms with Crippen LogP contribution in [0.15, 0.2) is 18.3 Å². The Morgan fingerprint density at radius 3 is 3.08 bits per heavy atom. The van der Waals surface area contributed by atoms with E-state index in [1.54, 1.807) is 12.1 Å². The highest BCUT2D eigenvalue weighted by molar-refractivity contribution is 7.80. The molecule has 0 fully saturated rings. The number of rotatable bonds is 3. The molecule has 4 heteroatoms. The Kier molecular flexibility index (Phi) is 4.25. The standard InChI is InChI=1S/C9H9ClFNS/c10-8-5-7(3-1-2-4-13)9(11)12-6-8/h1,3,5-6,13H,2,4H2. The molecule has 1 nitrogen and oxygen atoms in total. The van der Waals surface area contributed by atoms with Crippen molar-refractivity contribution in [2.24, 2.45) is 0 Å². The first-order chi connectivity index (χ1) is 6.24. The Bertz CT molecular complexity index is 314. The van der Waals surface area contributed by atoms with Crippen LogP contribution < -0.4 is 0 Å². The molecular weight excluding hydrogens is 209 g/mol. The highest BCUT2D eigenvalue weighted by Crippen LogP contribution is 2.13. The second kappa shape index (κ2) is 5.25. The van der Waals surface area contributed by atoms with Crippen molar-refractivity contribution in [3.05, 3.63) is 34.9 Å². The average molecular weight is 218 g/mol. The van der Waals surface area contributed by atoms with Crippen molar-refractivity contribution < 1.29 is 4.39 Å². The van der Waals surface area contributed by atoms with E-state index >= 15 is 0 Å². The van der Waals surface area contributed by atoms with Crippen molar-refractivity contribution in [1.29, 1.82) is 0 Å². The van der Waals surface area contributed by atoms with Gasteiger partial charge in [0.05, 0.1) is 5.02 Å². The number of allylic oxidation sites excluding steroid dienone is 1. The maximum atomic E-state index is 13.0. The van der Waals surface area contributed by atoms with Crippen LogP contribution in [0.5, 0.6) is 0 Å². The van der Waals surface area contributed by atoms with Gasteiger partial charge in [-0.05, 0) is 18.2 Å². The van der Waals surface area contributed by atoms with E-state index in [-0.39, 0.29) is 0 Å². The summed E-state index contributed by atoms with van der Waals surface area (Å²) in [6.07, 6.45) is 5.58. The van der Waals surface area contributed by atoms with E-state index in [0.29, 0.717) is 10.6 Å². The molecule has 0 aliphatic heterocycles. The number of hydrogen-bond donors (Lipinski definition) is 1. The van der Waals surface area contributed by atoms with Crippen molar-refractivity contribution in [3.63, 3.8) is 0 Å². The molecule has 1 aromatic heterocycles. The lowest BCUT2D eigenvalue weighted by atomic mass is 10.2. The molecule has 0 aliphatic rings. The first kappa shape index (κ1) is 10.5. The molecular formula is C9H9ClFNS. The zero-order valence-corrected chi connectivity index (χ0v) is 8.52. The van der Waals surface area contributed by atoms with E-state index in [2.05, 4.69) is 17.6 Å². The lowest BCUT2D eigenvalue weighted by Crippen LogP contribution is -1.86. The van der Waals surface area contributed by atoms with Gasteiger partial charge in [-0.2, -0.15) is 17.0 Å². The van der Waals surface area contributed by atoms with Gasteiger partial charge in [-0.1, -0.05) is 23.8 Å². The van der Waals surface area contributed by atoms with Crippen LogP contribution in [0.25, 0.3) is 6.08 Å². The van der Waals surface area contributed by atoms with E-state index in [1.807, 2.05) is 6.08 Å². The molecule has 0 amide bonds. The number of nitrogens with zero attached hydrogens (tertiary/aromatic N) is 1. The largest absolute Gasteiger partial charge is 0.226 e. The first-order valence-corrected chi connectivity index (χ1v) is 4.83. The summed E-state index contributed by atoms with van der Waals surface area (Å²) in [5.41, 5.74) is 0.411. The Hall–Kier alpha value is -0.540. The van der Waals surface area contributed by atoms with Crippen molar-refractivity contribution in [2.45, 2.75) is 6.42 Å². The first-order valence-electron chi connectivity index (χ1n) is 3.82. The van der Waals surface area contributed by atoms with Gasteiger partial charge >= 0.3 is 0 Å². The predicted octanol–water partition coefficient (Wildman–Crippen LogP) is 3.21. The molecule has 0 saturated carbocycles. The molecule has 0 aromatic carbocycles. The van der Waals surface area contributed by atoms with Gasteiger partial charge < -0.3 is 0 Å². The third-order valence-electron chi connectivity index (χ3n) is 1.43. The Labute approximate surface area is 87.0 Å². The van der Waals surface area contributed by atoms with Gasteiger partial charge in [-0.25, -0.2) is 4.98 Å². The van der Waals surface area contributed by atoms with Crippen LogP contribution in [0.3, 0.4) is 0 Å². The van der Waals surface area contributed by atoms with Crippen molar-refractivity contribution >= 4 is 30.3 Å². The maximum Gasteiger partial charge on any atom is 0.220 e. The summed E-state index contributed by atoms with van der Waals surface area (Å²) < 4.78 is 13.0. The van der Waals surface area contributed by atoms with Crippen LogP contribution in [0.1, 0.15) is 12.0 Å². The van der Waals surface area contributed by atoms with Crippen LogP contribution in [0.2, 0.25) is 5.02 Å². The quantitative estimate of drug-likeness (QED) is 0.606. The summed E-state index contributed by atoms with van der Waals surface area (Å²) in [5.74, 6) is 0.242. The molecule has 1 heterocycles. The van der Waals surface area contributed by atoms with Gasteiger partial charge in [0.1, 0.15) is 0 Å². The molecule has 0 aliphatic carbocycles. The molecule has 1 aromatic rings. The van der Waals surface area contributed by atoms with E-state index < -0.39 is 5.95 Å². The van der Waals surface area contributed by atoms with Crippen LogP contribution in [0, 0.1) is 5.95 Å². The molecule has 70 valence electrons. The van der Waals surface area contributed by atoms with Gasteiger partial charge in [0.2, 0.25) is 5.95 Å². The predicted molar refractivity (Wildman–Crippen MR) is 56.7 cm³/mol. The summed E-state index contributed by atoms with van der Waals surface area (Å²) in [7, 11) is 0. The average Bonchev–Trinajstić information content (AvgIpc) is 2.11. The smallest absolute Gasteiger partial charge is 0.220 e. The molecule has 0 unspecified atom stereocenters. The minimum atomic E-state index is -0.500. The lowest BCUT2D eigenvalue weighted by Gasteiger charge is -1.95. The van der Waals surface area contributed by atoms with Gasteiger partial charge in [0.15, 0.2) is 0 Å². The third-order valence-corrected chi connectivity index (χ3v) is 1.89. The summed E-state index contributed by atoms with van der Waals surface area (Å²) in [6, 6.07) is 1.54. The Morgan fingerprint density at radius 2 is 2.38 bits per heavy atom. The van der Waals surface area contributed by atoms with Crippen LogP contribution in [-0.4, -0.2) is 10.7 Å². The number of hydrogen-bond acceptors (Lipinski definition) is 2. The Balaban J connectivity index is 2.81. The minimum absolute atomic E-state index is 0.411. The monoisotopic (exact) mass is 217 g/mol. The molecule has 0 saturated heterocycles. The number of halogens is 2. The normalized spacial score (nSPS) is 11.0. The summed E-state index contributed by atoms with van der Waals surface area (Å²) >= 11 is 9.68. The molecule has 0 bridgehead atoms. The number of pyridine rings is 1. The van der Waals surface area contributed by atoms with E-state index in [9.17, 15) is 4.39 Å². The van der Waals surface area contributed by atoms with Crippen LogP contribution in [0.4, 0.5) is 4.39 Å². The zero-order valence-electron chi connectivity index (χ0n) is 6.87. The van der Waals surface area contributed by atoms with Gasteiger partial charge in [0, 0.05) is 11.8 Å². The molecule has 0 radical (unpaired) electrons. The lowest BCUT2D eigenvalue weighted by molar-refractivity contribution is 0.581. The van der Waals surface area contributed by atoms with E-state index in [0.717, 1.165) is 12.2 Å². The molecule has 1 rings (SSSR count). The fourth-order valence-electron chi connectivity index (χ4n) is 0.840. The Morgan fingerprint density at radius 1 is 1.62 bits per heavy atom. The van der Waals surface area contributed by atoms with Crippen molar-refractivity contribution in [3.8, 4) is 0 Å². The van der Waals surface area contributed by atoms with Crippen LogP contribution in [-0.2, 0) is 0 Å². The van der Waals surface area contributed by atoms with Gasteiger partial charge in [-0.15, -0.1) is 0 Å². The fraction of sp³-hybridized carbons (Fsp3) is 0.222. The SMILES string of the molecule is Fc1ncc(Cl)cc1C=CCCS. The van der Waals surface area contributed by atoms with Crippen LogP contribution >= 0.6 is 24.2 Å². The van der Waals surface area contributed by atoms with Crippen molar-refractivity contribution in [2.75, 3.05) is 5.75 Å². The molecule has 0 N–H and O–H groups in total. The van der Waals surface area contributed by atoms with Gasteiger partial charge in [-0.3, -0.25) is 0 Å². The van der Waals surface area contributed by atoms with E-state index in [1.165, 1.54) is 6.20 Å². The second-order valence-electron chi connectivity index (χ2n) is 2.45. The summed E-state index contributed by atoms with van der Waals surface area (Å²) in [6.45, 7) is 0. The highest BCUT2D eigenvalue weighted by Gasteiger charge is 1.99. The fourth-order valence-corrected chi connectivity index (χ4v) is 1.16. The summed E-state index contributed by atoms with van der Waals surface area (Å²) in [4.78, 5) is 3.49. The number of aromatic nitrogens is 1. The summed E-state index contributed by atoms with van der Waals surface area (Å²) in [5, 5.41) is 0.437. The maximum absolute atomic E-state index is 13.0.